The molecule has 1 aromatic carbocycles. The van der Waals surface area contributed by atoms with Gasteiger partial charge in [-0.25, -0.2) is 0 Å². The molecule has 2 aliphatic rings. The summed E-state index contributed by atoms with van der Waals surface area (Å²) in [5.74, 6) is -6.47. The molecule has 0 saturated carbocycles. The Kier molecular flexibility index (Phi) is 15.1. The number of esters is 8. The molecule has 2 saturated heterocycles. The van der Waals surface area contributed by atoms with E-state index in [1.807, 2.05) is 0 Å². The summed E-state index contributed by atoms with van der Waals surface area (Å²) < 4.78 is 61.1. The third-order valence-electron chi connectivity index (χ3n) is 7.52. The van der Waals surface area contributed by atoms with E-state index in [1.165, 1.54) is 24.3 Å². The highest BCUT2D eigenvalue weighted by molar-refractivity contribution is 5.71. The van der Waals surface area contributed by atoms with Gasteiger partial charge in [0, 0.05) is 48.5 Å². The lowest BCUT2D eigenvalue weighted by Gasteiger charge is -2.45. The zero-order valence-corrected chi connectivity index (χ0v) is 30.3. The molecule has 53 heavy (non-hydrogen) atoms. The minimum atomic E-state index is -1.60. The maximum atomic E-state index is 12.4. The highest BCUT2D eigenvalue weighted by Gasteiger charge is 2.55. The molecular weight excluding hydrogens is 712 g/mol. The van der Waals surface area contributed by atoms with Gasteiger partial charge in [0.25, 0.3) is 0 Å². The van der Waals surface area contributed by atoms with E-state index in [2.05, 4.69) is 0 Å². The largest absolute Gasteiger partial charge is 0.469 e. The van der Waals surface area contributed by atoms with Gasteiger partial charge in [-0.2, -0.15) is 0 Å². The number of benzene rings is 1. The Morgan fingerprint density at radius 2 is 1.04 bits per heavy atom. The number of methoxy groups -OCH3 is 1. The van der Waals surface area contributed by atoms with Crippen LogP contribution in [0.2, 0.25) is 0 Å². The van der Waals surface area contributed by atoms with Crippen molar-refractivity contribution in [2.75, 3.05) is 13.7 Å². The smallest absolute Gasteiger partial charge is 0.308 e. The van der Waals surface area contributed by atoms with Gasteiger partial charge in [-0.05, 0) is 17.7 Å². The molecule has 0 aromatic heterocycles. The first kappa shape index (κ1) is 42.1. The molecule has 0 spiro atoms. The summed E-state index contributed by atoms with van der Waals surface area (Å²) >= 11 is 0. The highest BCUT2D eigenvalue weighted by atomic mass is 16.7. The van der Waals surface area contributed by atoms with Crippen LogP contribution >= 0.6 is 0 Å². The molecule has 0 bridgehead atoms. The fourth-order valence-electron chi connectivity index (χ4n) is 5.76. The van der Waals surface area contributed by atoms with E-state index in [1.54, 1.807) is 0 Å². The third-order valence-corrected chi connectivity index (χ3v) is 7.52. The molecule has 19 heteroatoms. The van der Waals surface area contributed by atoms with Gasteiger partial charge in [-0.1, -0.05) is 12.1 Å². The Bertz CT molecular complexity index is 1540. The molecule has 0 unspecified atom stereocenters. The van der Waals surface area contributed by atoms with E-state index in [4.69, 9.17) is 52.1 Å². The van der Waals surface area contributed by atoms with Crippen LogP contribution in [0.3, 0.4) is 0 Å². The van der Waals surface area contributed by atoms with Crippen molar-refractivity contribution in [1.82, 2.24) is 0 Å². The van der Waals surface area contributed by atoms with Crippen LogP contribution in [0.15, 0.2) is 24.3 Å². The van der Waals surface area contributed by atoms with E-state index in [0.29, 0.717) is 0 Å². The van der Waals surface area contributed by atoms with Gasteiger partial charge in [0.15, 0.2) is 30.5 Å². The summed E-state index contributed by atoms with van der Waals surface area (Å²) in [6, 6.07) is 5.84. The zero-order valence-electron chi connectivity index (χ0n) is 30.3. The summed E-state index contributed by atoms with van der Waals surface area (Å²) in [5.41, 5.74) is 0.215. The highest BCUT2D eigenvalue weighted by Crippen LogP contribution is 2.40. The van der Waals surface area contributed by atoms with Crippen molar-refractivity contribution < 1.29 is 90.5 Å². The lowest BCUT2D eigenvalue weighted by molar-refractivity contribution is -0.288. The molecule has 0 aliphatic carbocycles. The first-order chi connectivity index (χ1) is 24.9. The van der Waals surface area contributed by atoms with E-state index in [-0.39, 0.29) is 11.3 Å². The third kappa shape index (κ3) is 12.1. The topological polar surface area (TPSA) is 238 Å². The molecular formula is C34H42O19. The van der Waals surface area contributed by atoms with Crippen LogP contribution in [0.1, 0.15) is 66.6 Å². The lowest BCUT2D eigenvalue weighted by Crippen LogP contribution is -2.63. The number of ether oxygens (including phenoxy) is 11. The lowest BCUT2D eigenvalue weighted by atomic mass is 9.89. The minimum absolute atomic E-state index is 0.00996. The van der Waals surface area contributed by atoms with E-state index in [0.717, 1.165) is 55.6 Å². The van der Waals surface area contributed by atoms with Gasteiger partial charge >= 0.3 is 47.8 Å². The Hall–Kier alpha value is -5.30. The Morgan fingerprint density at radius 3 is 1.55 bits per heavy atom. The fourth-order valence-corrected chi connectivity index (χ4v) is 5.76. The summed E-state index contributed by atoms with van der Waals surface area (Å²) in [4.78, 5) is 97.4. The van der Waals surface area contributed by atoms with Crippen molar-refractivity contribution in [2.24, 2.45) is 0 Å². The maximum Gasteiger partial charge on any atom is 0.308 e. The predicted octanol–water partition coefficient (Wildman–Crippen LogP) is 0.947. The molecule has 0 amide bonds. The van der Waals surface area contributed by atoms with Crippen molar-refractivity contribution in [2.45, 2.75) is 116 Å². The van der Waals surface area contributed by atoms with Crippen molar-refractivity contribution in [1.29, 1.82) is 0 Å². The number of carbonyl (C=O) groups excluding carboxylic acids is 8. The molecule has 19 nitrogen and oxygen atoms in total. The summed E-state index contributed by atoms with van der Waals surface area (Å²) in [6.07, 6.45) is -14.8. The van der Waals surface area contributed by atoms with Gasteiger partial charge in [-0.15, -0.1) is 0 Å². The van der Waals surface area contributed by atoms with E-state index < -0.39 is 122 Å². The first-order valence-corrected chi connectivity index (χ1v) is 16.2. The monoisotopic (exact) mass is 754 g/mol. The van der Waals surface area contributed by atoms with E-state index >= 15 is 0 Å². The second-order valence-corrected chi connectivity index (χ2v) is 11.9. The molecule has 1 aromatic rings. The maximum absolute atomic E-state index is 12.4. The zero-order chi connectivity index (χ0) is 39.6. The van der Waals surface area contributed by atoms with Crippen LogP contribution in [-0.4, -0.2) is 117 Å². The number of hydrogen-bond donors (Lipinski definition) is 0. The molecule has 10 atom stereocenters. The minimum Gasteiger partial charge on any atom is -0.469 e. The molecule has 2 aliphatic heterocycles. The van der Waals surface area contributed by atoms with Crippen molar-refractivity contribution in [3.8, 4) is 5.75 Å². The Balaban J connectivity index is 2.12. The number of carbonyl (C=O) groups is 8. The predicted molar refractivity (Wildman–Crippen MR) is 170 cm³/mol. The molecule has 0 radical (unpaired) electrons. The van der Waals surface area contributed by atoms with Gasteiger partial charge < -0.3 is 52.1 Å². The molecule has 2 heterocycles. The van der Waals surface area contributed by atoms with Crippen LogP contribution < -0.4 is 4.74 Å². The van der Waals surface area contributed by atoms with Crippen LogP contribution in [0.25, 0.3) is 0 Å². The van der Waals surface area contributed by atoms with E-state index in [9.17, 15) is 38.4 Å². The van der Waals surface area contributed by atoms with Crippen molar-refractivity contribution in [3.63, 3.8) is 0 Å². The number of rotatable bonds is 13. The van der Waals surface area contributed by atoms with Crippen LogP contribution in [0.5, 0.6) is 5.75 Å². The molecule has 292 valence electrons. The molecule has 0 N–H and O–H groups in total. The van der Waals surface area contributed by atoms with Crippen LogP contribution in [-0.2, 0) is 85.7 Å². The van der Waals surface area contributed by atoms with Crippen LogP contribution in [0.4, 0.5) is 0 Å². The fraction of sp³-hybridized carbons (Fsp3) is 0.588. The molecule has 2 fully saturated rings. The summed E-state index contributed by atoms with van der Waals surface area (Å²) in [5, 5.41) is 0. The van der Waals surface area contributed by atoms with Crippen molar-refractivity contribution >= 4 is 47.8 Å². The first-order valence-electron chi connectivity index (χ1n) is 16.2. The Morgan fingerprint density at radius 1 is 0.566 bits per heavy atom. The second-order valence-electron chi connectivity index (χ2n) is 11.9. The average Bonchev–Trinajstić information content (AvgIpc) is 3.04. The normalized spacial score (nSPS) is 27.8. The number of hydrogen-bond acceptors (Lipinski definition) is 19. The second kappa shape index (κ2) is 19.0. The molecule has 3 rings (SSSR count). The standard InChI is InChI=1S/C34H42O19/c1-15(35)44-14-25-29(46-17(3)37)32(49-20(6)40)33(50-21(7)41)34(53-25)51-23-11-9-10-22(12-23)27-30(47-18(4)38)31(48-19(5)39)28(45-16(2)36)24(52-27)13-26(42)43-8/h9-12,24-25,27-34H,13-14H2,1-8H3/t24-,25-,27-,28-,29-,30-,31-,32+,33+,34+/m1/s1. The van der Waals surface area contributed by atoms with Gasteiger partial charge in [0.1, 0.15) is 30.7 Å². The Labute approximate surface area is 303 Å². The average molecular weight is 755 g/mol. The van der Waals surface area contributed by atoms with Crippen LogP contribution in [0, 0.1) is 0 Å². The van der Waals surface area contributed by atoms with Gasteiger partial charge in [-0.3, -0.25) is 38.4 Å². The van der Waals surface area contributed by atoms with Gasteiger partial charge in [0.2, 0.25) is 12.4 Å². The quantitative estimate of drug-likeness (QED) is 0.201. The van der Waals surface area contributed by atoms with Gasteiger partial charge in [0.05, 0.1) is 13.5 Å². The summed E-state index contributed by atoms with van der Waals surface area (Å²) in [7, 11) is 1.13. The SMILES string of the molecule is COC(=O)C[C@H]1O[C@H](c2cccc(O[C@H]3O[C@H](COC(C)=O)[C@@H](OC(C)=O)[C@H](OC(C)=O)[C@@H]3OC(C)=O)c2)[C@@H](OC(C)=O)[C@H](OC(C)=O)[C@@H]1OC(C)=O. The van der Waals surface area contributed by atoms with Crippen molar-refractivity contribution in [3.05, 3.63) is 29.8 Å². The summed E-state index contributed by atoms with van der Waals surface area (Å²) in [6.45, 7) is 7.09.